The lowest BCUT2D eigenvalue weighted by atomic mass is 10.1. The monoisotopic (exact) mass is 312 g/mol. The first kappa shape index (κ1) is 17.0. The Morgan fingerprint density at radius 2 is 1.74 bits per heavy atom. The number of hydrogen-bond acceptors (Lipinski definition) is 3. The molecule has 0 fully saturated rings. The second-order valence-electron chi connectivity index (χ2n) is 5.98. The summed E-state index contributed by atoms with van der Waals surface area (Å²) in [7, 11) is 0. The largest absolute Gasteiger partial charge is 0.508 e. The zero-order chi connectivity index (χ0) is 17.0. The van der Waals surface area contributed by atoms with Crippen molar-refractivity contribution in [3.8, 4) is 5.75 Å². The van der Waals surface area contributed by atoms with E-state index < -0.39 is 0 Å². The first-order valence-electron chi connectivity index (χ1n) is 7.77. The highest BCUT2D eigenvalue weighted by molar-refractivity contribution is 5.93. The highest BCUT2D eigenvalue weighted by Gasteiger charge is 2.12. The third-order valence-electron chi connectivity index (χ3n) is 3.91. The van der Waals surface area contributed by atoms with Crippen LogP contribution in [0, 0.1) is 20.8 Å². The minimum Gasteiger partial charge on any atom is -0.508 e. The molecule has 122 valence electrons. The average Bonchev–Trinajstić information content (AvgIpc) is 2.49. The van der Waals surface area contributed by atoms with E-state index >= 15 is 0 Å². The molecular weight excluding hydrogens is 288 g/mol. The lowest BCUT2D eigenvalue weighted by molar-refractivity contribution is -0.115. The van der Waals surface area contributed by atoms with Gasteiger partial charge in [0.05, 0.1) is 6.54 Å². The third-order valence-corrected chi connectivity index (χ3v) is 3.91. The van der Waals surface area contributed by atoms with Gasteiger partial charge >= 0.3 is 0 Å². The smallest absolute Gasteiger partial charge is 0.238 e. The van der Waals surface area contributed by atoms with E-state index in [0.29, 0.717) is 0 Å². The second-order valence-corrected chi connectivity index (χ2v) is 5.98. The molecule has 1 amide bonds. The van der Waals surface area contributed by atoms with Crippen molar-refractivity contribution in [2.24, 2.45) is 0 Å². The van der Waals surface area contributed by atoms with Gasteiger partial charge in [-0.1, -0.05) is 35.9 Å². The fraction of sp³-hybridized carbons (Fsp3) is 0.316. The van der Waals surface area contributed by atoms with E-state index in [0.717, 1.165) is 22.4 Å². The molecule has 2 aromatic rings. The molecule has 0 radical (unpaired) electrons. The van der Waals surface area contributed by atoms with Gasteiger partial charge in [-0.25, -0.2) is 0 Å². The summed E-state index contributed by atoms with van der Waals surface area (Å²) < 4.78 is 0. The molecule has 4 nitrogen and oxygen atoms in total. The second kappa shape index (κ2) is 7.29. The van der Waals surface area contributed by atoms with Gasteiger partial charge in [-0.05, 0) is 44.9 Å². The van der Waals surface area contributed by atoms with E-state index in [-0.39, 0.29) is 24.2 Å². The van der Waals surface area contributed by atoms with E-state index in [9.17, 15) is 9.90 Å². The summed E-state index contributed by atoms with van der Waals surface area (Å²) in [4.78, 5) is 12.2. The van der Waals surface area contributed by atoms with Gasteiger partial charge < -0.3 is 15.7 Å². The van der Waals surface area contributed by atoms with Crippen LogP contribution in [-0.4, -0.2) is 17.6 Å². The maximum Gasteiger partial charge on any atom is 0.238 e. The average molecular weight is 312 g/mol. The van der Waals surface area contributed by atoms with Crippen LogP contribution < -0.4 is 10.6 Å². The number of aromatic hydroxyl groups is 1. The summed E-state index contributed by atoms with van der Waals surface area (Å²) in [5, 5.41) is 15.9. The minimum atomic E-state index is -0.109. The van der Waals surface area contributed by atoms with E-state index in [2.05, 4.69) is 22.8 Å². The minimum absolute atomic E-state index is 0.0951. The van der Waals surface area contributed by atoms with Crippen LogP contribution in [-0.2, 0) is 4.79 Å². The fourth-order valence-corrected chi connectivity index (χ4v) is 2.77. The molecule has 23 heavy (non-hydrogen) atoms. The quantitative estimate of drug-likeness (QED) is 0.790. The molecule has 2 aromatic carbocycles. The predicted molar refractivity (Wildman–Crippen MR) is 93.8 cm³/mol. The molecule has 0 heterocycles. The zero-order valence-electron chi connectivity index (χ0n) is 14.1. The fourth-order valence-electron chi connectivity index (χ4n) is 2.77. The zero-order valence-corrected chi connectivity index (χ0v) is 14.1. The molecule has 3 N–H and O–H groups in total. The highest BCUT2D eigenvalue weighted by Crippen LogP contribution is 2.23. The van der Waals surface area contributed by atoms with Crippen LogP contribution in [0.4, 0.5) is 5.69 Å². The number of benzene rings is 2. The van der Waals surface area contributed by atoms with Crippen LogP contribution in [0.2, 0.25) is 0 Å². The normalized spacial score (nSPS) is 12.0. The number of hydrogen-bond donors (Lipinski definition) is 3. The van der Waals surface area contributed by atoms with Crippen LogP contribution in [0.15, 0.2) is 36.4 Å². The van der Waals surface area contributed by atoms with Crippen molar-refractivity contribution in [3.05, 3.63) is 58.7 Å². The Balaban J connectivity index is 1.97. The van der Waals surface area contributed by atoms with Crippen LogP contribution in [0.1, 0.15) is 35.2 Å². The number of phenolic OH excluding ortho intramolecular Hbond substituents is 1. The summed E-state index contributed by atoms with van der Waals surface area (Å²) in [6.45, 7) is 8.13. The molecule has 0 bridgehead atoms. The molecule has 1 atom stereocenters. The molecule has 0 spiro atoms. The maximum atomic E-state index is 12.2. The molecule has 0 aliphatic heterocycles. The predicted octanol–water partition coefficient (Wildman–Crippen LogP) is 3.61. The highest BCUT2D eigenvalue weighted by atomic mass is 16.3. The van der Waals surface area contributed by atoms with Crippen molar-refractivity contribution in [3.63, 3.8) is 0 Å². The number of anilines is 1. The molecule has 4 heteroatoms. The summed E-state index contributed by atoms with van der Waals surface area (Å²) in [6.07, 6.45) is 0. The Morgan fingerprint density at radius 1 is 1.13 bits per heavy atom. The van der Waals surface area contributed by atoms with E-state index in [1.54, 1.807) is 12.1 Å². The van der Waals surface area contributed by atoms with Crippen LogP contribution in [0.3, 0.4) is 0 Å². The number of nitrogens with one attached hydrogen (secondary N) is 2. The van der Waals surface area contributed by atoms with E-state index in [1.807, 2.05) is 39.8 Å². The van der Waals surface area contributed by atoms with Gasteiger partial charge in [0.1, 0.15) is 5.75 Å². The van der Waals surface area contributed by atoms with Crippen LogP contribution >= 0.6 is 0 Å². The van der Waals surface area contributed by atoms with Gasteiger partial charge in [0, 0.05) is 17.3 Å². The molecule has 0 aromatic heterocycles. The lowest BCUT2D eigenvalue weighted by Gasteiger charge is -2.17. The molecule has 0 aliphatic carbocycles. The van der Waals surface area contributed by atoms with Crippen molar-refractivity contribution in [1.82, 2.24) is 5.32 Å². The number of carbonyl (C=O) groups is 1. The maximum absolute atomic E-state index is 12.2. The Hall–Kier alpha value is -2.33. The van der Waals surface area contributed by atoms with Crippen LogP contribution in [0.25, 0.3) is 0 Å². The first-order valence-corrected chi connectivity index (χ1v) is 7.77. The Morgan fingerprint density at radius 3 is 2.35 bits per heavy atom. The Bertz CT molecular complexity index is 687. The molecule has 0 unspecified atom stereocenters. The molecule has 0 saturated heterocycles. The van der Waals surface area contributed by atoms with Gasteiger partial charge in [0.15, 0.2) is 0 Å². The first-order chi connectivity index (χ1) is 10.9. The van der Waals surface area contributed by atoms with E-state index in [4.69, 9.17) is 0 Å². The Labute approximate surface area is 137 Å². The van der Waals surface area contributed by atoms with Gasteiger partial charge in [-0.3, -0.25) is 4.79 Å². The number of amides is 1. The van der Waals surface area contributed by atoms with Gasteiger partial charge in [-0.2, -0.15) is 0 Å². The van der Waals surface area contributed by atoms with Gasteiger partial charge in [0.25, 0.3) is 0 Å². The Kier molecular flexibility index (Phi) is 5.40. The van der Waals surface area contributed by atoms with Crippen molar-refractivity contribution >= 4 is 11.6 Å². The van der Waals surface area contributed by atoms with Crippen molar-refractivity contribution in [1.29, 1.82) is 0 Å². The number of rotatable bonds is 5. The summed E-state index contributed by atoms with van der Waals surface area (Å²) in [5.41, 5.74) is 4.96. The topological polar surface area (TPSA) is 61.4 Å². The third kappa shape index (κ3) is 4.33. The number of aryl methyl sites for hydroxylation is 3. The summed E-state index contributed by atoms with van der Waals surface area (Å²) in [5.74, 6) is 0.139. The molecule has 0 saturated carbocycles. The molecule has 2 rings (SSSR count). The van der Waals surface area contributed by atoms with Crippen LogP contribution in [0.5, 0.6) is 5.75 Å². The summed E-state index contributed by atoms with van der Waals surface area (Å²) in [6, 6.07) is 11.1. The van der Waals surface area contributed by atoms with Crippen molar-refractivity contribution in [2.75, 3.05) is 11.9 Å². The van der Waals surface area contributed by atoms with E-state index in [1.165, 1.54) is 5.56 Å². The van der Waals surface area contributed by atoms with Crippen molar-refractivity contribution < 1.29 is 9.90 Å². The number of para-hydroxylation sites is 1. The number of phenols is 1. The molecule has 0 aliphatic rings. The number of carbonyl (C=O) groups excluding carboxylic acids is 1. The molecular formula is C19H24N2O2. The van der Waals surface area contributed by atoms with Gasteiger partial charge in [-0.15, -0.1) is 0 Å². The van der Waals surface area contributed by atoms with Gasteiger partial charge in [0.2, 0.25) is 5.91 Å². The van der Waals surface area contributed by atoms with Crippen molar-refractivity contribution in [2.45, 2.75) is 33.7 Å². The standard InChI is InChI=1S/C19H24N2O2/c1-12-9-13(2)19(14(3)10-12)21-18(23)11-20-15(4)16-7-5-6-8-17(16)22/h5-10,15,20,22H,11H2,1-4H3,(H,21,23)/t15-/m1/s1. The lowest BCUT2D eigenvalue weighted by Crippen LogP contribution is -2.30. The SMILES string of the molecule is Cc1cc(C)c(NC(=O)CN[C@H](C)c2ccccc2O)c(C)c1. The summed E-state index contributed by atoms with van der Waals surface area (Å²) >= 11 is 0.